The highest BCUT2D eigenvalue weighted by molar-refractivity contribution is 5.88. The van der Waals surface area contributed by atoms with Crippen molar-refractivity contribution in [1.82, 2.24) is 19.6 Å². The minimum atomic E-state index is -0.157. The Bertz CT molecular complexity index is 1100. The maximum absolute atomic E-state index is 9.64. The van der Waals surface area contributed by atoms with Crippen LogP contribution in [0.5, 0.6) is 0 Å². The minimum absolute atomic E-state index is 0.157. The molecule has 1 aliphatic carbocycles. The van der Waals surface area contributed by atoms with E-state index in [1.165, 1.54) is 0 Å². The average molecular weight is 359 g/mol. The second kappa shape index (κ2) is 6.63. The van der Waals surface area contributed by atoms with Crippen molar-refractivity contribution in [2.24, 2.45) is 0 Å². The Balaban J connectivity index is 1.44. The van der Waals surface area contributed by atoms with E-state index in [4.69, 9.17) is 0 Å². The molecule has 27 heavy (non-hydrogen) atoms. The van der Waals surface area contributed by atoms with Crippen LogP contribution >= 0.6 is 0 Å². The zero-order valence-corrected chi connectivity index (χ0v) is 14.9. The molecule has 1 fully saturated rings. The molecular weight excluding hydrogens is 338 g/mol. The van der Waals surface area contributed by atoms with Gasteiger partial charge in [0.25, 0.3) is 0 Å². The molecule has 3 aromatic heterocycles. The summed E-state index contributed by atoms with van der Waals surface area (Å²) < 4.78 is 1.87. The van der Waals surface area contributed by atoms with Crippen molar-refractivity contribution in [3.05, 3.63) is 55.0 Å². The van der Waals surface area contributed by atoms with E-state index >= 15 is 0 Å². The Morgan fingerprint density at radius 2 is 1.93 bits per heavy atom. The first-order chi connectivity index (χ1) is 13.3. The number of fused-ring (bicyclic) bond motifs is 2. The number of nitrogens with zero attached hydrogens (tertiary/aromatic N) is 4. The molecule has 1 aromatic carbocycles. The van der Waals surface area contributed by atoms with Crippen molar-refractivity contribution < 1.29 is 5.11 Å². The summed E-state index contributed by atoms with van der Waals surface area (Å²) in [4.78, 5) is 8.91. The van der Waals surface area contributed by atoms with E-state index in [2.05, 4.69) is 44.6 Å². The SMILES string of the molecule is OC1CCC(Nc2ncc3c(-c4ccc5ncccc5c4)ccn3n2)CC1. The van der Waals surface area contributed by atoms with Gasteiger partial charge in [-0.1, -0.05) is 12.1 Å². The molecule has 136 valence electrons. The van der Waals surface area contributed by atoms with Crippen LogP contribution in [0.3, 0.4) is 0 Å². The molecule has 0 atom stereocenters. The van der Waals surface area contributed by atoms with Gasteiger partial charge >= 0.3 is 0 Å². The highest BCUT2D eigenvalue weighted by Gasteiger charge is 2.20. The fourth-order valence-corrected chi connectivity index (χ4v) is 3.86. The Labute approximate surface area is 156 Å². The van der Waals surface area contributed by atoms with Crippen LogP contribution in [0.2, 0.25) is 0 Å². The third-order valence-corrected chi connectivity index (χ3v) is 5.36. The molecule has 0 amide bonds. The van der Waals surface area contributed by atoms with E-state index in [1.54, 1.807) is 0 Å². The van der Waals surface area contributed by atoms with Gasteiger partial charge in [-0.05, 0) is 55.5 Å². The van der Waals surface area contributed by atoms with Gasteiger partial charge in [0.15, 0.2) is 0 Å². The standard InChI is InChI=1S/C21H21N5O/c27-17-6-4-16(5-7-17)24-21-23-13-20-18(9-11-26(20)25-21)14-3-8-19-15(12-14)2-1-10-22-19/h1-3,8-13,16-17,27H,4-7H2,(H,24,25). The Hall–Kier alpha value is -2.99. The van der Waals surface area contributed by atoms with Gasteiger partial charge in [0.05, 0.1) is 23.3 Å². The van der Waals surface area contributed by atoms with Crippen LogP contribution in [0, 0.1) is 0 Å². The molecule has 6 nitrogen and oxygen atoms in total. The lowest BCUT2D eigenvalue weighted by atomic mass is 9.93. The monoisotopic (exact) mass is 359 g/mol. The number of aliphatic hydroxyl groups is 1. The Morgan fingerprint density at radius 1 is 1.04 bits per heavy atom. The van der Waals surface area contributed by atoms with Crippen LogP contribution in [0.4, 0.5) is 5.95 Å². The topological polar surface area (TPSA) is 75.3 Å². The minimum Gasteiger partial charge on any atom is -0.393 e. The first-order valence-corrected chi connectivity index (χ1v) is 9.40. The molecule has 1 aliphatic rings. The Kier molecular flexibility index (Phi) is 3.98. The lowest BCUT2D eigenvalue weighted by molar-refractivity contribution is 0.126. The highest BCUT2D eigenvalue weighted by Crippen LogP contribution is 2.28. The maximum atomic E-state index is 9.64. The summed E-state index contributed by atoms with van der Waals surface area (Å²) in [6, 6.07) is 12.7. The van der Waals surface area contributed by atoms with Gasteiger partial charge in [-0.2, -0.15) is 0 Å². The Morgan fingerprint density at radius 3 is 2.81 bits per heavy atom. The summed E-state index contributed by atoms with van der Waals surface area (Å²) in [5.41, 5.74) is 4.20. The van der Waals surface area contributed by atoms with Crippen LogP contribution in [-0.4, -0.2) is 36.8 Å². The van der Waals surface area contributed by atoms with Gasteiger partial charge in [0, 0.05) is 29.4 Å². The van der Waals surface area contributed by atoms with Crippen LogP contribution in [-0.2, 0) is 0 Å². The molecule has 4 aromatic rings. The summed E-state index contributed by atoms with van der Waals surface area (Å²) in [7, 11) is 0. The van der Waals surface area contributed by atoms with E-state index < -0.39 is 0 Å². The number of aromatic nitrogens is 4. The average Bonchev–Trinajstić information content (AvgIpc) is 3.12. The van der Waals surface area contributed by atoms with E-state index in [9.17, 15) is 5.11 Å². The smallest absolute Gasteiger partial charge is 0.241 e. The molecule has 0 spiro atoms. The first-order valence-electron chi connectivity index (χ1n) is 9.40. The summed E-state index contributed by atoms with van der Waals surface area (Å²) in [6.45, 7) is 0. The molecule has 2 N–H and O–H groups in total. The zero-order chi connectivity index (χ0) is 18.2. The lowest BCUT2D eigenvalue weighted by Gasteiger charge is -2.26. The molecule has 0 saturated heterocycles. The van der Waals surface area contributed by atoms with E-state index in [1.807, 2.05) is 35.2 Å². The van der Waals surface area contributed by atoms with Crippen molar-refractivity contribution in [1.29, 1.82) is 0 Å². The van der Waals surface area contributed by atoms with Crippen LogP contribution in [0.25, 0.3) is 27.5 Å². The number of hydrogen-bond donors (Lipinski definition) is 2. The molecule has 0 unspecified atom stereocenters. The van der Waals surface area contributed by atoms with Gasteiger partial charge < -0.3 is 10.4 Å². The number of rotatable bonds is 3. The molecular formula is C21H21N5O. The maximum Gasteiger partial charge on any atom is 0.241 e. The quantitative estimate of drug-likeness (QED) is 0.584. The van der Waals surface area contributed by atoms with Crippen molar-refractivity contribution in [2.75, 3.05) is 5.32 Å². The summed E-state index contributed by atoms with van der Waals surface area (Å²) in [5, 5.41) is 18.8. The fourth-order valence-electron chi connectivity index (χ4n) is 3.86. The van der Waals surface area contributed by atoms with Crippen molar-refractivity contribution in [2.45, 2.75) is 37.8 Å². The molecule has 6 heteroatoms. The second-order valence-electron chi connectivity index (χ2n) is 7.20. The molecule has 0 bridgehead atoms. The number of aliphatic hydroxyl groups excluding tert-OH is 1. The molecule has 1 saturated carbocycles. The van der Waals surface area contributed by atoms with Crippen LogP contribution in [0.15, 0.2) is 55.0 Å². The number of anilines is 1. The number of hydrogen-bond acceptors (Lipinski definition) is 5. The zero-order valence-electron chi connectivity index (χ0n) is 14.9. The second-order valence-corrected chi connectivity index (χ2v) is 7.20. The highest BCUT2D eigenvalue weighted by atomic mass is 16.3. The number of pyridine rings is 1. The van der Waals surface area contributed by atoms with E-state index in [-0.39, 0.29) is 6.10 Å². The summed E-state index contributed by atoms with van der Waals surface area (Å²) in [5.74, 6) is 0.633. The largest absolute Gasteiger partial charge is 0.393 e. The van der Waals surface area contributed by atoms with Gasteiger partial charge in [-0.15, -0.1) is 5.10 Å². The van der Waals surface area contributed by atoms with Gasteiger partial charge in [-0.25, -0.2) is 9.50 Å². The first kappa shape index (κ1) is 16.2. The summed E-state index contributed by atoms with van der Waals surface area (Å²) in [6.07, 6.45) is 9.07. The lowest BCUT2D eigenvalue weighted by Crippen LogP contribution is -2.29. The van der Waals surface area contributed by atoms with E-state index in [0.29, 0.717) is 12.0 Å². The molecule has 0 radical (unpaired) electrons. The van der Waals surface area contributed by atoms with Crippen molar-refractivity contribution in [3.63, 3.8) is 0 Å². The fraction of sp³-hybridized carbons (Fsp3) is 0.286. The predicted octanol–water partition coefficient (Wildman–Crippen LogP) is 3.66. The van der Waals surface area contributed by atoms with Gasteiger partial charge in [-0.3, -0.25) is 4.98 Å². The van der Waals surface area contributed by atoms with Gasteiger partial charge in [0.1, 0.15) is 0 Å². The number of nitrogens with one attached hydrogen (secondary N) is 1. The third kappa shape index (κ3) is 3.13. The third-order valence-electron chi connectivity index (χ3n) is 5.36. The molecule has 5 rings (SSSR count). The predicted molar refractivity (Wildman–Crippen MR) is 106 cm³/mol. The van der Waals surface area contributed by atoms with Crippen LogP contribution in [0.1, 0.15) is 25.7 Å². The molecule has 0 aliphatic heterocycles. The van der Waals surface area contributed by atoms with E-state index in [0.717, 1.165) is 53.2 Å². The van der Waals surface area contributed by atoms with Crippen molar-refractivity contribution in [3.8, 4) is 11.1 Å². The van der Waals surface area contributed by atoms with Gasteiger partial charge in [0.2, 0.25) is 5.95 Å². The van der Waals surface area contributed by atoms with Crippen molar-refractivity contribution >= 4 is 22.4 Å². The van der Waals surface area contributed by atoms with Crippen LogP contribution < -0.4 is 5.32 Å². The molecule has 3 heterocycles. The number of benzene rings is 1. The normalized spacial score (nSPS) is 20.2. The summed E-state index contributed by atoms with van der Waals surface area (Å²) >= 11 is 0.